The first kappa shape index (κ1) is 18.9. The lowest BCUT2D eigenvalue weighted by atomic mass is 10.1. The number of benzene rings is 2. The number of fused-ring (bicyclic) bond motifs is 1. The quantitative estimate of drug-likeness (QED) is 0.360. The lowest BCUT2D eigenvalue weighted by Gasteiger charge is -2.19. The second-order valence-corrected chi connectivity index (χ2v) is 7.30. The van der Waals surface area contributed by atoms with Crippen molar-refractivity contribution in [3.8, 4) is 0 Å². The highest BCUT2D eigenvalue weighted by Crippen LogP contribution is 2.27. The molecular formula is C21H22N4O4. The summed E-state index contributed by atoms with van der Waals surface area (Å²) >= 11 is 0. The molecule has 1 aromatic heterocycles. The van der Waals surface area contributed by atoms with E-state index in [0.717, 1.165) is 49.2 Å². The minimum atomic E-state index is -0.378. The Balaban J connectivity index is 1.38. The molecule has 0 spiro atoms. The molecule has 3 aromatic rings. The molecule has 2 heterocycles. The van der Waals surface area contributed by atoms with E-state index >= 15 is 0 Å². The van der Waals surface area contributed by atoms with Gasteiger partial charge in [0.25, 0.3) is 5.69 Å². The summed E-state index contributed by atoms with van der Waals surface area (Å²) < 4.78 is 6.74. The normalized spacial score (nSPS) is 16.3. The van der Waals surface area contributed by atoms with Gasteiger partial charge in [-0.3, -0.25) is 10.1 Å². The van der Waals surface area contributed by atoms with Gasteiger partial charge in [0, 0.05) is 37.5 Å². The number of nitro benzene ring substituents is 1. The highest BCUT2D eigenvalue weighted by molar-refractivity contribution is 5.89. The van der Waals surface area contributed by atoms with Crippen molar-refractivity contribution in [2.75, 3.05) is 25.1 Å². The standard InChI is InChI=1S/C21H22N4O4/c1-29-21(26)16-2-4-17(5-3-16)23-10-8-15(13-23)9-11-24-14-22-19-7-6-18(25(27)28)12-20(19)24/h2-7,12,14-15H,8-11,13H2,1H3. The zero-order valence-corrected chi connectivity index (χ0v) is 16.2. The first-order chi connectivity index (χ1) is 14.0. The van der Waals surface area contributed by atoms with Crippen molar-refractivity contribution in [1.82, 2.24) is 9.55 Å². The van der Waals surface area contributed by atoms with Crippen LogP contribution in [0.1, 0.15) is 23.2 Å². The number of imidazole rings is 1. The van der Waals surface area contributed by atoms with Crippen LogP contribution in [0.3, 0.4) is 0 Å². The van der Waals surface area contributed by atoms with Gasteiger partial charge in [-0.25, -0.2) is 9.78 Å². The third-order valence-electron chi connectivity index (χ3n) is 5.53. The summed E-state index contributed by atoms with van der Waals surface area (Å²) in [5, 5.41) is 11.0. The van der Waals surface area contributed by atoms with Crippen molar-refractivity contribution >= 4 is 28.4 Å². The monoisotopic (exact) mass is 394 g/mol. The number of aromatic nitrogens is 2. The van der Waals surface area contributed by atoms with Crippen LogP contribution in [0.2, 0.25) is 0 Å². The number of anilines is 1. The van der Waals surface area contributed by atoms with Gasteiger partial charge in [-0.2, -0.15) is 0 Å². The van der Waals surface area contributed by atoms with Crippen LogP contribution in [-0.2, 0) is 11.3 Å². The number of carbonyl (C=O) groups is 1. The molecule has 0 bridgehead atoms. The molecule has 0 aliphatic carbocycles. The topological polar surface area (TPSA) is 90.5 Å². The van der Waals surface area contributed by atoms with Crippen molar-refractivity contribution in [2.24, 2.45) is 5.92 Å². The van der Waals surface area contributed by atoms with E-state index in [1.54, 1.807) is 30.6 Å². The number of methoxy groups -OCH3 is 1. The highest BCUT2D eigenvalue weighted by Gasteiger charge is 2.23. The predicted octanol–water partition coefficient (Wildman–Crippen LogP) is 3.65. The summed E-state index contributed by atoms with van der Waals surface area (Å²) in [5.74, 6) is 0.204. The lowest BCUT2D eigenvalue weighted by molar-refractivity contribution is -0.384. The number of non-ortho nitro benzene ring substituents is 1. The molecular weight excluding hydrogens is 372 g/mol. The SMILES string of the molecule is COC(=O)c1ccc(N2CCC(CCn3cnc4ccc([N+](=O)[O-])cc43)C2)cc1. The second-order valence-electron chi connectivity index (χ2n) is 7.30. The van der Waals surface area contributed by atoms with Gasteiger partial charge in [0.05, 0.1) is 35.0 Å². The Kier molecular flexibility index (Phi) is 5.16. The molecule has 4 rings (SSSR count). The molecule has 0 amide bonds. The Morgan fingerprint density at radius 1 is 1.28 bits per heavy atom. The van der Waals surface area contributed by atoms with Crippen molar-refractivity contribution < 1.29 is 14.5 Å². The zero-order chi connectivity index (χ0) is 20.4. The molecule has 29 heavy (non-hydrogen) atoms. The minimum absolute atomic E-state index is 0.0849. The van der Waals surface area contributed by atoms with Gasteiger partial charge in [0.15, 0.2) is 0 Å². The van der Waals surface area contributed by atoms with E-state index in [2.05, 4.69) is 9.88 Å². The molecule has 0 saturated carbocycles. The van der Waals surface area contributed by atoms with Crippen LogP contribution in [0.15, 0.2) is 48.8 Å². The van der Waals surface area contributed by atoms with E-state index in [1.807, 2.05) is 16.7 Å². The molecule has 0 N–H and O–H groups in total. The first-order valence-corrected chi connectivity index (χ1v) is 9.58. The number of hydrogen-bond acceptors (Lipinski definition) is 6. The van der Waals surface area contributed by atoms with Gasteiger partial charge < -0.3 is 14.2 Å². The molecule has 1 aliphatic heterocycles. The fourth-order valence-corrected chi connectivity index (χ4v) is 3.89. The summed E-state index contributed by atoms with van der Waals surface area (Å²) in [4.78, 5) is 28.9. The average Bonchev–Trinajstić information content (AvgIpc) is 3.38. The number of ether oxygens (including phenoxy) is 1. The van der Waals surface area contributed by atoms with Crippen LogP contribution >= 0.6 is 0 Å². The van der Waals surface area contributed by atoms with Crippen LogP contribution in [0.4, 0.5) is 11.4 Å². The molecule has 150 valence electrons. The maximum atomic E-state index is 11.6. The summed E-state index contributed by atoms with van der Waals surface area (Å²) in [7, 11) is 1.38. The van der Waals surface area contributed by atoms with Gasteiger partial charge in [0.2, 0.25) is 0 Å². The molecule has 1 unspecified atom stereocenters. The van der Waals surface area contributed by atoms with Crippen LogP contribution < -0.4 is 4.90 Å². The van der Waals surface area contributed by atoms with Crippen LogP contribution in [0.5, 0.6) is 0 Å². The first-order valence-electron chi connectivity index (χ1n) is 9.58. The number of carbonyl (C=O) groups excluding carboxylic acids is 1. The Morgan fingerprint density at radius 2 is 2.07 bits per heavy atom. The number of aryl methyl sites for hydroxylation is 1. The van der Waals surface area contributed by atoms with E-state index in [9.17, 15) is 14.9 Å². The Bertz CT molecular complexity index is 1040. The van der Waals surface area contributed by atoms with E-state index in [4.69, 9.17) is 4.74 Å². The number of nitro groups is 1. The van der Waals surface area contributed by atoms with E-state index in [0.29, 0.717) is 11.5 Å². The smallest absolute Gasteiger partial charge is 0.337 e. The zero-order valence-electron chi connectivity index (χ0n) is 16.2. The molecule has 1 fully saturated rings. The minimum Gasteiger partial charge on any atom is -0.465 e. The number of hydrogen-bond donors (Lipinski definition) is 0. The van der Waals surface area contributed by atoms with Gasteiger partial charge in [-0.1, -0.05) is 0 Å². The molecule has 1 saturated heterocycles. The molecule has 1 atom stereocenters. The number of nitrogens with zero attached hydrogens (tertiary/aromatic N) is 4. The van der Waals surface area contributed by atoms with Crippen molar-refractivity contribution in [3.63, 3.8) is 0 Å². The average molecular weight is 394 g/mol. The fourth-order valence-electron chi connectivity index (χ4n) is 3.89. The van der Waals surface area contributed by atoms with Gasteiger partial charge >= 0.3 is 5.97 Å². The van der Waals surface area contributed by atoms with E-state index < -0.39 is 0 Å². The predicted molar refractivity (Wildman–Crippen MR) is 109 cm³/mol. The molecule has 8 heteroatoms. The third-order valence-corrected chi connectivity index (χ3v) is 5.53. The van der Waals surface area contributed by atoms with Gasteiger partial charge in [0.1, 0.15) is 0 Å². The fraction of sp³-hybridized carbons (Fsp3) is 0.333. The largest absolute Gasteiger partial charge is 0.465 e. The third kappa shape index (κ3) is 3.91. The van der Waals surface area contributed by atoms with Gasteiger partial charge in [-0.05, 0) is 49.1 Å². The summed E-state index contributed by atoms with van der Waals surface area (Å²) in [6.45, 7) is 2.69. The second kappa shape index (κ2) is 7.90. The maximum Gasteiger partial charge on any atom is 0.337 e. The Labute approximate surface area is 167 Å². The Morgan fingerprint density at radius 3 is 2.79 bits per heavy atom. The van der Waals surface area contributed by atoms with Crippen LogP contribution in [-0.4, -0.2) is 40.6 Å². The van der Waals surface area contributed by atoms with Crippen LogP contribution in [0.25, 0.3) is 11.0 Å². The number of rotatable bonds is 6. The molecule has 0 radical (unpaired) electrons. The van der Waals surface area contributed by atoms with Crippen molar-refractivity contribution in [1.29, 1.82) is 0 Å². The van der Waals surface area contributed by atoms with Crippen molar-refractivity contribution in [2.45, 2.75) is 19.4 Å². The van der Waals surface area contributed by atoms with Crippen LogP contribution in [0, 0.1) is 16.0 Å². The van der Waals surface area contributed by atoms with E-state index in [1.165, 1.54) is 13.2 Å². The van der Waals surface area contributed by atoms with E-state index in [-0.39, 0.29) is 16.6 Å². The summed E-state index contributed by atoms with van der Waals surface area (Å²) in [6.07, 6.45) is 3.82. The highest BCUT2D eigenvalue weighted by atomic mass is 16.6. The Hall–Kier alpha value is -3.42. The lowest BCUT2D eigenvalue weighted by Crippen LogP contribution is -2.20. The summed E-state index contributed by atoms with van der Waals surface area (Å²) in [5.41, 5.74) is 3.31. The van der Waals surface area contributed by atoms with Crippen molar-refractivity contribution in [3.05, 3.63) is 64.5 Å². The number of esters is 1. The van der Waals surface area contributed by atoms with Gasteiger partial charge in [-0.15, -0.1) is 0 Å². The molecule has 1 aliphatic rings. The maximum absolute atomic E-state index is 11.6. The molecule has 8 nitrogen and oxygen atoms in total. The molecule has 2 aromatic carbocycles. The summed E-state index contributed by atoms with van der Waals surface area (Å²) in [6, 6.07) is 12.3.